The summed E-state index contributed by atoms with van der Waals surface area (Å²) in [5.74, 6) is -1.30. The molecule has 0 aliphatic heterocycles. The third-order valence-electron chi connectivity index (χ3n) is 4.90. The molecule has 30 heavy (non-hydrogen) atoms. The lowest BCUT2D eigenvalue weighted by Gasteiger charge is -2.24. The van der Waals surface area contributed by atoms with E-state index in [2.05, 4.69) is 5.32 Å². The maximum Gasteiger partial charge on any atom is 0.264 e. The van der Waals surface area contributed by atoms with Gasteiger partial charge < -0.3 is 5.32 Å². The van der Waals surface area contributed by atoms with Crippen molar-refractivity contribution < 1.29 is 17.6 Å². The van der Waals surface area contributed by atoms with E-state index in [9.17, 15) is 17.6 Å². The third-order valence-corrected chi connectivity index (χ3v) is 6.67. The highest BCUT2D eigenvalue weighted by atomic mass is 32.2. The van der Waals surface area contributed by atoms with E-state index in [-0.39, 0.29) is 10.6 Å². The average molecular weight is 427 g/mol. The molecule has 3 aromatic carbocycles. The second-order valence-corrected chi connectivity index (χ2v) is 8.93. The molecule has 0 saturated heterocycles. The van der Waals surface area contributed by atoms with Crippen LogP contribution in [0.5, 0.6) is 0 Å². The molecule has 1 N–H and O–H groups in total. The lowest BCUT2D eigenvalue weighted by molar-refractivity contribution is -0.114. The number of carbonyl (C=O) groups is 1. The number of sulfonamides is 1. The van der Waals surface area contributed by atoms with Crippen LogP contribution in [0.3, 0.4) is 0 Å². The van der Waals surface area contributed by atoms with Gasteiger partial charge in [0.05, 0.1) is 10.6 Å². The average Bonchev–Trinajstić information content (AvgIpc) is 2.70. The Hall–Kier alpha value is -3.19. The number of anilines is 2. The Balaban J connectivity index is 1.98. The van der Waals surface area contributed by atoms with Gasteiger partial charge in [0.25, 0.3) is 10.0 Å². The summed E-state index contributed by atoms with van der Waals surface area (Å²) in [5, 5.41) is 2.74. The van der Waals surface area contributed by atoms with E-state index in [1.807, 2.05) is 26.8 Å². The Morgan fingerprint density at radius 2 is 1.60 bits per heavy atom. The van der Waals surface area contributed by atoms with Gasteiger partial charge in [-0.3, -0.25) is 9.10 Å². The van der Waals surface area contributed by atoms with Crippen LogP contribution in [0.1, 0.15) is 16.7 Å². The lowest BCUT2D eigenvalue weighted by Crippen LogP contribution is -2.38. The SMILES string of the molecule is Cc1ccc(S(=O)(=O)N(CC(=O)Nc2cccc(C)c2C)c2ccccc2F)cc1. The summed E-state index contributed by atoms with van der Waals surface area (Å²) in [4.78, 5) is 12.7. The molecule has 0 spiro atoms. The Morgan fingerprint density at radius 3 is 2.27 bits per heavy atom. The van der Waals surface area contributed by atoms with Crippen molar-refractivity contribution in [3.63, 3.8) is 0 Å². The van der Waals surface area contributed by atoms with Crippen LogP contribution in [0.4, 0.5) is 15.8 Å². The summed E-state index contributed by atoms with van der Waals surface area (Å²) >= 11 is 0. The van der Waals surface area contributed by atoms with Crippen molar-refractivity contribution in [2.45, 2.75) is 25.7 Å². The van der Waals surface area contributed by atoms with E-state index >= 15 is 0 Å². The van der Waals surface area contributed by atoms with E-state index in [0.717, 1.165) is 27.1 Å². The van der Waals surface area contributed by atoms with Gasteiger partial charge in [-0.1, -0.05) is 42.0 Å². The summed E-state index contributed by atoms with van der Waals surface area (Å²) in [7, 11) is -4.17. The Morgan fingerprint density at radius 1 is 0.933 bits per heavy atom. The molecule has 0 radical (unpaired) electrons. The number of para-hydroxylation sites is 1. The van der Waals surface area contributed by atoms with Crippen molar-refractivity contribution in [2.75, 3.05) is 16.2 Å². The number of rotatable bonds is 6. The van der Waals surface area contributed by atoms with E-state index in [0.29, 0.717) is 5.69 Å². The Kier molecular flexibility index (Phi) is 6.22. The fraction of sp³-hybridized carbons (Fsp3) is 0.174. The van der Waals surface area contributed by atoms with Crippen LogP contribution in [0.15, 0.2) is 71.6 Å². The predicted molar refractivity (Wildman–Crippen MR) is 117 cm³/mol. The fourth-order valence-corrected chi connectivity index (χ4v) is 4.43. The minimum atomic E-state index is -4.17. The van der Waals surface area contributed by atoms with Crippen LogP contribution < -0.4 is 9.62 Å². The summed E-state index contributed by atoms with van der Waals surface area (Å²) in [6.07, 6.45) is 0. The molecular formula is C23H23FN2O3S. The smallest absolute Gasteiger partial charge is 0.264 e. The molecule has 0 bridgehead atoms. The number of benzene rings is 3. The fourth-order valence-electron chi connectivity index (χ4n) is 3.00. The number of aryl methyl sites for hydroxylation is 2. The number of halogens is 1. The highest BCUT2D eigenvalue weighted by Crippen LogP contribution is 2.27. The van der Waals surface area contributed by atoms with Gasteiger partial charge in [0.15, 0.2) is 0 Å². The monoisotopic (exact) mass is 426 g/mol. The minimum Gasteiger partial charge on any atom is -0.324 e. The van der Waals surface area contributed by atoms with E-state index in [1.165, 1.54) is 30.3 Å². The molecule has 3 aromatic rings. The zero-order chi connectivity index (χ0) is 21.9. The first-order chi connectivity index (χ1) is 14.2. The molecule has 3 rings (SSSR count). The van der Waals surface area contributed by atoms with Crippen molar-refractivity contribution in [2.24, 2.45) is 0 Å². The third kappa shape index (κ3) is 4.52. The molecule has 0 unspecified atom stereocenters. The van der Waals surface area contributed by atoms with Crippen molar-refractivity contribution in [1.82, 2.24) is 0 Å². The van der Waals surface area contributed by atoms with Crippen LogP contribution in [-0.2, 0) is 14.8 Å². The number of amides is 1. The quantitative estimate of drug-likeness (QED) is 0.627. The van der Waals surface area contributed by atoms with Crippen molar-refractivity contribution in [3.8, 4) is 0 Å². The maximum atomic E-state index is 14.5. The van der Waals surface area contributed by atoms with Crippen LogP contribution in [0, 0.1) is 26.6 Å². The molecule has 7 heteroatoms. The van der Waals surface area contributed by atoms with Crippen LogP contribution >= 0.6 is 0 Å². The molecule has 0 aromatic heterocycles. The van der Waals surface area contributed by atoms with Gasteiger partial charge in [0.1, 0.15) is 12.4 Å². The first-order valence-electron chi connectivity index (χ1n) is 9.40. The minimum absolute atomic E-state index is 0.0177. The van der Waals surface area contributed by atoms with Gasteiger partial charge >= 0.3 is 0 Å². The van der Waals surface area contributed by atoms with Crippen molar-refractivity contribution in [3.05, 3.63) is 89.2 Å². The molecule has 0 aliphatic rings. The van der Waals surface area contributed by atoms with Gasteiger partial charge in [0, 0.05) is 5.69 Å². The standard InChI is InChI=1S/C23H23FN2O3S/c1-16-11-13-19(14-12-16)30(28,29)26(22-10-5-4-8-20(22)24)15-23(27)25-21-9-6-7-17(2)18(21)3/h4-14H,15H2,1-3H3,(H,25,27). The summed E-state index contributed by atoms with van der Waals surface area (Å²) in [5.41, 5.74) is 3.16. The van der Waals surface area contributed by atoms with Gasteiger partial charge in [-0.15, -0.1) is 0 Å². The van der Waals surface area contributed by atoms with Gasteiger partial charge in [0.2, 0.25) is 5.91 Å². The molecule has 0 saturated carbocycles. The van der Waals surface area contributed by atoms with E-state index < -0.39 is 28.3 Å². The largest absolute Gasteiger partial charge is 0.324 e. The number of hydrogen-bond acceptors (Lipinski definition) is 3. The zero-order valence-electron chi connectivity index (χ0n) is 17.0. The van der Waals surface area contributed by atoms with Gasteiger partial charge in [-0.25, -0.2) is 12.8 Å². The van der Waals surface area contributed by atoms with E-state index in [1.54, 1.807) is 24.3 Å². The first kappa shape index (κ1) is 21.5. The summed E-state index contributed by atoms with van der Waals surface area (Å²) in [6.45, 7) is 5.05. The molecule has 0 aliphatic carbocycles. The molecule has 0 atom stereocenters. The van der Waals surface area contributed by atoms with E-state index in [4.69, 9.17) is 0 Å². The highest BCUT2D eigenvalue weighted by molar-refractivity contribution is 7.92. The highest BCUT2D eigenvalue weighted by Gasteiger charge is 2.29. The maximum absolute atomic E-state index is 14.5. The molecule has 156 valence electrons. The number of hydrogen-bond donors (Lipinski definition) is 1. The zero-order valence-corrected chi connectivity index (χ0v) is 17.8. The number of carbonyl (C=O) groups excluding carboxylic acids is 1. The van der Waals surface area contributed by atoms with Crippen LogP contribution in [0.2, 0.25) is 0 Å². The Bertz CT molecular complexity index is 1180. The molecule has 5 nitrogen and oxygen atoms in total. The summed E-state index contributed by atoms with van der Waals surface area (Å²) in [6, 6.07) is 17.1. The topological polar surface area (TPSA) is 66.5 Å². The lowest BCUT2D eigenvalue weighted by atomic mass is 10.1. The van der Waals surface area contributed by atoms with Gasteiger partial charge in [-0.05, 0) is 62.2 Å². The van der Waals surface area contributed by atoms with Crippen LogP contribution in [-0.4, -0.2) is 20.9 Å². The molecule has 0 heterocycles. The van der Waals surface area contributed by atoms with Gasteiger partial charge in [-0.2, -0.15) is 0 Å². The molecular weight excluding hydrogens is 403 g/mol. The number of nitrogens with zero attached hydrogens (tertiary/aromatic N) is 1. The number of nitrogens with one attached hydrogen (secondary N) is 1. The Labute approximate surface area is 176 Å². The van der Waals surface area contributed by atoms with Crippen molar-refractivity contribution >= 4 is 27.3 Å². The second kappa shape index (κ2) is 8.67. The van der Waals surface area contributed by atoms with Crippen LogP contribution in [0.25, 0.3) is 0 Å². The molecule has 0 fully saturated rings. The molecule has 1 amide bonds. The normalized spacial score (nSPS) is 11.2. The second-order valence-electron chi connectivity index (χ2n) is 7.07. The first-order valence-corrected chi connectivity index (χ1v) is 10.8. The summed E-state index contributed by atoms with van der Waals surface area (Å²) < 4.78 is 41.9. The predicted octanol–water partition coefficient (Wildman–Crippen LogP) is 4.58. The van der Waals surface area contributed by atoms with Crippen molar-refractivity contribution in [1.29, 1.82) is 0 Å².